The van der Waals surface area contributed by atoms with E-state index < -0.39 is 0 Å². The van der Waals surface area contributed by atoms with Crippen LogP contribution in [0.1, 0.15) is 113 Å². The molecule has 0 aromatic carbocycles. The van der Waals surface area contributed by atoms with Crippen LogP contribution in [0.2, 0.25) is 0 Å². The molecule has 4 fully saturated rings. The van der Waals surface area contributed by atoms with Crippen LogP contribution in [0.4, 0.5) is 0 Å². The second-order valence-corrected chi connectivity index (χ2v) is 14.7. The first-order valence-corrected chi connectivity index (χ1v) is 14.2. The van der Waals surface area contributed by atoms with Crippen LogP contribution in [0.15, 0.2) is 11.6 Å². The number of rotatable bonds is 5. The third kappa shape index (κ3) is 3.61. The van der Waals surface area contributed by atoms with Gasteiger partial charge in [-0.3, -0.25) is 0 Å². The zero-order chi connectivity index (χ0) is 25.3. The molecular formula is C31H54O3. The van der Waals surface area contributed by atoms with Gasteiger partial charge < -0.3 is 14.9 Å². The van der Waals surface area contributed by atoms with Gasteiger partial charge in [0.15, 0.2) is 0 Å². The van der Waals surface area contributed by atoms with E-state index in [-0.39, 0.29) is 39.5 Å². The highest BCUT2D eigenvalue weighted by molar-refractivity contribution is 5.20. The summed E-state index contributed by atoms with van der Waals surface area (Å²) in [5.74, 6) is 1.74. The van der Waals surface area contributed by atoms with Crippen molar-refractivity contribution in [3.8, 4) is 0 Å². The fourth-order valence-electron chi connectivity index (χ4n) is 10.5. The number of hydrogen-bond donors (Lipinski definition) is 2. The van der Waals surface area contributed by atoms with Crippen LogP contribution in [0.25, 0.3) is 0 Å². The van der Waals surface area contributed by atoms with Crippen molar-refractivity contribution in [2.24, 2.45) is 45.3 Å². The molecule has 0 aliphatic heterocycles. The molecule has 2 N–H and O–H groups in total. The number of allylic oxidation sites excluding steroid dienone is 2. The Hall–Kier alpha value is -0.380. The minimum absolute atomic E-state index is 0.0468. The molecule has 0 saturated heterocycles. The van der Waals surface area contributed by atoms with Gasteiger partial charge in [0, 0.05) is 7.11 Å². The molecule has 196 valence electrons. The summed E-state index contributed by atoms with van der Waals surface area (Å²) in [6, 6.07) is 0. The summed E-state index contributed by atoms with van der Waals surface area (Å²) in [5, 5.41) is 22.8. The number of hydrogen-bond acceptors (Lipinski definition) is 3. The third-order valence-electron chi connectivity index (χ3n) is 12.8. The number of ether oxygens (including phenoxy) is 1. The second-order valence-electron chi connectivity index (χ2n) is 14.7. The fourth-order valence-corrected chi connectivity index (χ4v) is 10.5. The van der Waals surface area contributed by atoms with Crippen molar-refractivity contribution in [3.05, 3.63) is 11.6 Å². The van der Waals surface area contributed by atoms with E-state index in [4.69, 9.17) is 4.74 Å². The lowest BCUT2D eigenvalue weighted by Gasteiger charge is -2.70. The SMILES string of the molecule is CO[C@](C)(CCC=C(C)C)[C@H]1CC[C@]2(C)[C@@H]1[C@H](O)C[C@@H]1[C@@]3(C)CC[C@H](O)C(C)(C)[C@@H]3CC[C@]12C. The van der Waals surface area contributed by atoms with E-state index in [1.165, 1.54) is 24.8 Å². The van der Waals surface area contributed by atoms with Crippen LogP contribution in [0, 0.1) is 45.3 Å². The van der Waals surface area contributed by atoms with Crippen molar-refractivity contribution in [3.63, 3.8) is 0 Å². The van der Waals surface area contributed by atoms with Crippen molar-refractivity contribution < 1.29 is 14.9 Å². The first-order valence-electron chi connectivity index (χ1n) is 14.2. The average Bonchev–Trinajstić information content (AvgIpc) is 3.13. The molecule has 0 heterocycles. The number of aliphatic hydroxyl groups excluding tert-OH is 2. The van der Waals surface area contributed by atoms with Crippen molar-refractivity contribution >= 4 is 0 Å². The lowest BCUT2D eigenvalue weighted by molar-refractivity contribution is -0.247. The number of methoxy groups -OCH3 is 1. The third-order valence-corrected chi connectivity index (χ3v) is 12.8. The maximum absolute atomic E-state index is 11.9. The van der Waals surface area contributed by atoms with E-state index in [2.05, 4.69) is 61.5 Å². The molecular weight excluding hydrogens is 420 g/mol. The smallest absolute Gasteiger partial charge is 0.0685 e. The average molecular weight is 475 g/mol. The summed E-state index contributed by atoms with van der Waals surface area (Å²) >= 11 is 0. The number of fused-ring (bicyclic) bond motifs is 5. The Bertz CT molecular complexity index is 798. The highest BCUT2D eigenvalue weighted by Gasteiger charge is 2.71. The van der Waals surface area contributed by atoms with Crippen LogP contribution >= 0.6 is 0 Å². The maximum Gasteiger partial charge on any atom is 0.0685 e. The largest absolute Gasteiger partial charge is 0.393 e. The molecule has 34 heavy (non-hydrogen) atoms. The van der Waals surface area contributed by atoms with E-state index >= 15 is 0 Å². The zero-order valence-electron chi connectivity index (χ0n) is 23.7. The highest BCUT2D eigenvalue weighted by atomic mass is 16.5. The predicted octanol–water partition coefficient (Wildman–Crippen LogP) is 7.15. The zero-order valence-corrected chi connectivity index (χ0v) is 23.7. The molecule has 3 heteroatoms. The Labute approximate surface area is 210 Å². The lowest BCUT2D eigenvalue weighted by atomic mass is 9.35. The van der Waals surface area contributed by atoms with Gasteiger partial charge in [0.25, 0.3) is 0 Å². The second kappa shape index (κ2) is 8.59. The lowest BCUT2D eigenvalue weighted by Crippen LogP contribution is -2.66. The van der Waals surface area contributed by atoms with Crippen LogP contribution < -0.4 is 0 Å². The van der Waals surface area contributed by atoms with Gasteiger partial charge >= 0.3 is 0 Å². The van der Waals surface area contributed by atoms with E-state index in [1.807, 2.05) is 7.11 Å². The minimum atomic E-state index is -0.265. The van der Waals surface area contributed by atoms with Gasteiger partial charge in [0.1, 0.15) is 0 Å². The van der Waals surface area contributed by atoms with Gasteiger partial charge in [-0.05, 0) is 124 Å². The summed E-state index contributed by atoms with van der Waals surface area (Å²) in [6.45, 7) is 18.9. The van der Waals surface area contributed by atoms with Gasteiger partial charge in [-0.25, -0.2) is 0 Å². The molecule has 4 rings (SSSR count). The van der Waals surface area contributed by atoms with Gasteiger partial charge in [-0.2, -0.15) is 0 Å². The molecule has 0 spiro atoms. The Morgan fingerprint density at radius 1 is 0.941 bits per heavy atom. The Morgan fingerprint density at radius 3 is 2.21 bits per heavy atom. The maximum atomic E-state index is 11.9. The van der Waals surface area contributed by atoms with Crippen molar-refractivity contribution in [1.29, 1.82) is 0 Å². The van der Waals surface area contributed by atoms with Crippen LogP contribution in [0.5, 0.6) is 0 Å². The van der Waals surface area contributed by atoms with Gasteiger partial charge in [-0.1, -0.05) is 46.3 Å². The van der Waals surface area contributed by atoms with E-state index in [0.717, 1.165) is 38.5 Å². The molecule has 0 aromatic rings. The quantitative estimate of drug-likeness (QED) is 0.416. The monoisotopic (exact) mass is 474 g/mol. The Balaban J connectivity index is 1.68. The predicted molar refractivity (Wildman–Crippen MR) is 140 cm³/mol. The topological polar surface area (TPSA) is 49.7 Å². The summed E-state index contributed by atoms with van der Waals surface area (Å²) < 4.78 is 6.29. The normalized spacial score (nSPS) is 49.4. The first kappa shape index (κ1) is 26.7. The summed E-state index contributed by atoms with van der Waals surface area (Å²) in [7, 11) is 1.89. The van der Waals surface area contributed by atoms with Crippen LogP contribution in [-0.2, 0) is 4.74 Å². The van der Waals surface area contributed by atoms with Crippen LogP contribution in [-0.4, -0.2) is 35.1 Å². The summed E-state index contributed by atoms with van der Waals surface area (Å²) in [6.07, 6.45) is 11.6. The molecule has 4 saturated carbocycles. The van der Waals surface area contributed by atoms with Gasteiger partial charge in [0.2, 0.25) is 0 Å². The van der Waals surface area contributed by atoms with E-state index in [1.54, 1.807) is 0 Å². The van der Waals surface area contributed by atoms with Crippen molar-refractivity contribution in [2.75, 3.05) is 7.11 Å². The summed E-state index contributed by atoms with van der Waals surface area (Å²) in [5.41, 5.74) is 1.67. The Kier molecular flexibility index (Phi) is 6.74. The van der Waals surface area contributed by atoms with E-state index in [9.17, 15) is 10.2 Å². The van der Waals surface area contributed by atoms with Crippen molar-refractivity contribution in [1.82, 2.24) is 0 Å². The summed E-state index contributed by atoms with van der Waals surface area (Å²) in [4.78, 5) is 0. The Morgan fingerprint density at radius 2 is 1.59 bits per heavy atom. The number of aliphatic hydroxyl groups is 2. The van der Waals surface area contributed by atoms with Gasteiger partial charge in [0.05, 0.1) is 17.8 Å². The molecule has 4 aliphatic carbocycles. The standard InChI is InChI=1S/C31H54O3/c1-20(2)11-10-15-31(8,34-9)21-12-17-30(7)26(21)22(32)19-24-28(5)16-14-25(33)27(3,4)23(28)13-18-29(24,30)6/h11,21-26,32-33H,10,12-19H2,1-9H3/t21-,22+,23-,24+,25-,26-,28-,29+,30+,31+/m0/s1. The molecule has 4 aliphatic rings. The molecule has 10 atom stereocenters. The first-order chi connectivity index (χ1) is 15.7. The molecule has 0 amide bonds. The van der Waals surface area contributed by atoms with Crippen LogP contribution in [0.3, 0.4) is 0 Å². The van der Waals surface area contributed by atoms with Gasteiger partial charge in [-0.15, -0.1) is 0 Å². The van der Waals surface area contributed by atoms with Crippen molar-refractivity contribution in [2.45, 2.75) is 131 Å². The molecule has 0 bridgehead atoms. The van der Waals surface area contributed by atoms with E-state index in [0.29, 0.717) is 23.7 Å². The molecule has 0 unspecified atom stereocenters. The molecule has 0 radical (unpaired) electrons. The molecule has 0 aromatic heterocycles. The minimum Gasteiger partial charge on any atom is -0.393 e. The highest BCUT2D eigenvalue weighted by Crippen LogP contribution is 2.75. The fraction of sp³-hybridized carbons (Fsp3) is 0.935. The molecule has 3 nitrogen and oxygen atoms in total.